The number of aryl methyl sites for hydroxylation is 1. The van der Waals surface area contributed by atoms with Crippen LogP contribution in [0.4, 0.5) is 4.39 Å². The maximum Gasteiger partial charge on any atom is 0.255 e. The zero-order valence-electron chi connectivity index (χ0n) is 14.5. The summed E-state index contributed by atoms with van der Waals surface area (Å²) in [5.41, 5.74) is 3.85. The average molecular weight is 348 g/mol. The van der Waals surface area contributed by atoms with Gasteiger partial charge in [0.05, 0.1) is 34.3 Å². The second-order valence-electron chi connectivity index (χ2n) is 5.93. The number of hydrogen-bond donors (Lipinski definition) is 1. The second-order valence-corrected chi connectivity index (χ2v) is 5.93. The van der Waals surface area contributed by atoms with Crippen molar-refractivity contribution in [2.24, 2.45) is 0 Å². The molecule has 0 radical (unpaired) electrons. The van der Waals surface area contributed by atoms with E-state index in [1.807, 2.05) is 6.07 Å². The molecule has 3 rings (SSSR count). The van der Waals surface area contributed by atoms with Crippen LogP contribution >= 0.6 is 0 Å². The highest BCUT2D eigenvalue weighted by Crippen LogP contribution is 2.18. The molecule has 130 valence electrons. The van der Waals surface area contributed by atoms with Gasteiger partial charge in [-0.25, -0.2) is 9.07 Å². The third-order valence-corrected chi connectivity index (χ3v) is 4.10. The lowest BCUT2D eigenvalue weighted by Gasteiger charge is -2.07. The Bertz CT molecular complexity index is 1000. The highest BCUT2D eigenvalue weighted by atomic mass is 19.1. The number of rotatable bonds is 4. The van der Waals surface area contributed by atoms with Crippen LogP contribution in [0, 0.1) is 31.0 Å². The number of aromatic nitrogens is 2. The van der Waals surface area contributed by atoms with E-state index in [4.69, 9.17) is 5.26 Å². The summed E-state index contributed by atoms with van der Waals surface area (Å²) < 4.78 is 14.7. The third-order valence-electron chi connectivity index (χ3n) is 4.10. The summed E-state index contributed by atoms with van der Waals surface area (Å²) in [5, 5.41) is 16.2. The summed E-state index contributed by atoms with van der Waals surface area (Å²) in [6.07, 6.45) is 0. The van der Waals surface area contributed by atoms with E-state index in [9.17, 15) is 9.18 Å². The summed E-state index contributed by atoms with van der Waals surface area (Å²) in [7, 11) is 0. The minimum atomic E-state index is -0.326. The second kappa shape index (κ2) is 7.19. The number of benzene rings is 2. The van der Waals surface area contributed by atoms with Crippen LogP contribution in [0.1, 0.15) is 32.9 Å². The molecular weight excluding hydrogens is 331 g/mol. The highest BCUT2D eigenvalue weighted by Gasteiger charge is 2.19. The highest BCUT2D eigenvalue weighted by molar-refractivity contribution is 5.96. The van der Waals surface area contributed by atoms with Gasteiger partial charge in [0, 0.05) is 6.54 Å². The first-order chi connectivity index (χ1) is 12.5. The van der Waals surface area contributed by atoms with Gasteiger partial charge >= 0.3 is 0 Å². The van der Waals surface area contributed by atoms with Crippen LogP contribution in [0.3, 0.4) is 0 Å². The molecule has 1 aromatic heterocycles. The molecule has 0 aliphatic rings. The monoisotopic (exact) mass is 348 g/mol. The zero-order valence-corrected chi connectivity index (χ0v) is 14.5. The van der Waals surface area contributed by atoms with Crippen molar-refractivity contribution in [3.05, 3.63) is 82.4 Å². The Morgan fingerprint density at radius 1 is 1.23 bits per heavy atom. The predicted molar refractivity (Wildman–Crippen MR) is 95.3 cm³/mol. The smallest absolute Gasteiger partial charge is 0.255 e. The molecule has 0 atom stereocenters. The molecule has 0 spiro atoms. The molecule has 0 fully saturated rings. The molecule has 0 aliphatic heterocycles. The minimum absolute atomic E-state index is 0.240. The Hall–Kier alpha value is -3.46. The standard InChI is InChI=1S/C20H17FN4O/c1-13-19(14(2)25(24-13)18-8-6-17(21)7-9-18)20(26)23-12-16-5-3-4-15(10-16)11-22/h3-10H,12H2,1-2H3,(H,23,26). The van der Waals surface area contributed by atoms with E-state index < -0.39 is 0 Å². The number of nitrogens with zero attached hydrogens (tertiary/aromatic N) is 3. The van der Waals surface area contributed by atoms with Gasteiger partial charge in [0.1, 0.15) is 5.82 Å². The summed E-state index contributed by atoms with van der Waals surface area (Å²) in [6, 6.07) is 15.1. The SMILES string of the molecule is Cc1nn(-c2ccc(F)cc2)c(C)c1C(=O)NCc1cccc(C#N)c1. The Morgan fingerprint density at radius 2 is 1.96 bits per heavy atom. The minimum Gasteiger partial charge on any atom is -0.348 e. The van der Waals surface area contributed by atoms with Crippen LogP contribution < -0.4 is 5.32 Å². The fourth-order valence-corrected chi connectivity index (χ4v) is 2.83. The molecule has 0 saturated heterocycles. The molecule has 0 bridgehead atoms. The fraction of sp³-hybridized carbons (Fsp3) is 0.150. The van der Waals surface area contributed by atoms with E-state index in [1.165, 1.54) is 12.1 Å². The maximum atomic E-state index is 13.1. The van der Waals surface area contributed by atoms with E-state index in [0.29, 0.717) is 34.7 Å². The normalized spacial score (nSPS) is 10.4. The van der Waals surface area contributed by atoms with E-state index in [0.717, 1.165) is 5.56 Å². The first kappa shape index (κ1) is 17.4. The average Bonchev–Trinajstić information content (AvgIpc) is 2.95. The van der Waals surface area contributed by atoms with Gasteiger partial charge in [-0.05, 0) is 55.8 Å². The number of halogens is 1. The van der Waals surface area contributed by atoms with Crippen LogP contribution in [0.5, 0.6) is 0 Å². The van der Waals surface area contributed by atoms with Crippen LogP contribution in [0.25, 0.3) is 5.69 Å². The van der Waals surface area contributed by atoms with Crippen molar-refractivity contribution in [1.29, 1.82) is 5.26 Å². The van der Waals surface area contributed by atoms with Gasteiger partial charge in [0.25, 0.3) is 5.91 Å². The van der Waals surface area contributed by atoms with E-state index in [-0.39, 0.29) is 11.7 Å². The summed E-state index contributed by atoms with van der Waals surface area (Å²) in [5.74, 6) is -0.566. The predicted octanol–water partition coefficient (Wildman–Crippen LogP) is 3.43. The first-order valence-electron chi connectivity index (χ1n) is 8.09. The first-order valence-corrected chi connectivity index (χ1v) is 8.09. The molecule has 0 saturated carbocycles. The van der Waals surface area contributed by atoms with Crippen LogP contribution in [-0.4, -0.2) is 15.7 Å². The molecule has 3 aromatic rings. The van der Waals surface area contributed by atoms with E-state index in [2.05, 4.69) is 16.5 Å². The van der Waals surface area contributed by atoms with Crippen LogP contribution in [0.2, 0.25) is 0 Å². The van der Waals surface area contributed by atoms with Crippen molar-refractivity contribution in [3.63, 3.8) is 0 Å². The number of carbonyl (C=O) groups excluding carboxylic acids is 1. The summed E-state index contributed by atoms with van der Waals surface area (Å²) in [6.45, 7) is 3.88. The van der Waals surface area contributed by atoms with E-state index >= 15 is 0 Å². The van der Waals surface area contributed by atoms with Gasteiger partial charge < -0.3 is 5.32 Å². The van der Waals surface area contributed by atoms with Crippen molar-refractivity contribution in [1.82, 2.24) is 15.1 Å². The Morgan fingerprint density at radius 3 is 2.65 bits per heavy atom. The Balaban J connectivity index is 1.81. The number of carbonyl (C=O) groups is 1. The van der Waals surface area contributed by atoms with Gasteiger partial charge in [-0.3, -0.25) is 4.79 Å². The van der Waals surface area contributed by atoms with Crippen molar-refractivity contribution in [2.75, 3.05) is 0 Å². The summed E-state index contributed by atoms with van der Waals surface area (Å²) >= 11 is 0. The topological polar surface area (TPSA) is 70.7 Å². The molecule has 1 amide bonds. The summed E-state index contributed by atoms with van der Waals surface area (Å²) in [4.78, 5) is 12.6. The third kappa shape index (κ3) is 3.47. The van der Waals surface area contributed by atoms with Gasteiger partial charge in [0.15, 0.2) is 0 Å². The zero-order chi connectivity index (χ0) is 18.7. The molecular formula is C20H17FN4O. The molecule has 0 unspecified atom stereocenters. The molecule has 0 aliphatic carbocycles. The molecule has 26 heavy (non-hydrogen) atoms. The quantitative estimate of drug-likeness (QED) is 0.785. The van der Waals surface area contributed by atoms with Crippen molar-refractivity contribution < 1.29 is 9.18 Å². The molecule has 6 heteroatoms. The van der Waals surface area contributed by atoms with Gasteiger partial charge in [-0.15, -0.1) is 0 Å². The van der Waals surface area contributed by atoms with Crippen LogP contribution in [-0.2, 0) is 6.54 Å². The largest absolute Gasteiger partial charge is 0.348 e. The molecule has 1 N–H and O–H groups in total. The lowest BCUT2D eigenvalue weighted by Crippen LogP contribution is -2.24. The number of amides is 1. The molecule has 1 heterocycles. The Kier molecular flexibility index (Phi) is 4.81. The van der Waals surface area contributed by atoms with Crippen LogP contribution in [0.15, 0.2) is 48.5 Å². The fourth-order valence-electron chi connectivity index (χ4n) is 2.83. The number of hydrogen-bond acceptors (Lipinski definition) is 3. The number of nitrogens with one attached hydrogen (secondary N) is 1. The molecule has 5 nitrogen and oxygen atoms in total. The number of nitriles is 1. The van der Waals surface area contributed by atoms with Crippen molar-refractivity contribution in [3.8, 4) is 11.8 Å². The van der Waals surface area contributed by atoms with Gasteiger partial charge in [0.2, 0.25) is 0 Å². The van der Waals surface area contributed by atoms with Gasteiger partial charge in [-0.1, -0.05) is 12.1 Å². The van der Waals surface area contributed by atoms with E-state index in [1.54, 1.807) is 48.9 Å². The van der Waals surface area contributed by atoms with Crippen molar-refractivity contribution >= 4 is 5.91 Å². The Labute approximate surface area is 150 Å². The lowest BCUT2D eigenvalue weighted by atomic mass is 10.1. The van der Waals surface area contributed by atoms with Crippen molar-refractivity contribution in [2.45, 2.75) is 20.4 Å². The maximum absolute atomic E-state index is 13.1. The molecule has 2 aromatic carbocycles. The lowest BCUT2D eigenvalue weighted by molar-refractivity contribution is 0.0949. The van der Waals surface area contributed by atoms with Gasteiger partial charge in [-0.2, -0.15) is 10.4 Å².